The monoisotopic (exact) mass is 399 g/mol. The second-order valence-corrected chi connectivity index (χ2v) is 6.39. The number of fused-ring (bicyclic) bond motifs is 1. The van der Waals surface area contributed by atoms with Crippen LogP contribution in [-0.2, 0) is 20.8 Å². The van der Waals surface area contributed by atoms with Gasteiger partial charge in [0.1, 0.15) is 5.57 Å². The van der Waals surface area contributed by atoms with Gasteiger partial charge >= 0.3 is 5.97 Å². The number of halogens is 1. The molecule has 1 aromatic heterocycles. The summed E-state index contributed by atoms with van der Waals surface area (Å²) in [5, 5.41) is 1.15. The topological polar surface area (TPSA) is 40.5 Å². The second-order valence-electron chi connectivity index (χ2n) is 5.53. The molecule has 4 nitrogen and oxygen atoms in total. The lowest BCUT2D eigenvalue weighted by atomic mass is 10.0. The predicted molar refractivity (Wildman–Crippen MR) is 102 cm³/mol. The van der Waals surface area contributed by atoms with Gasteiger partial charge in [0.05, 0.1) is 20.5 Å². The Morgan fingerprint density at radius 2 is 1.92 bits per heavy atom. The highest BCUT2D eigenvalue weighted by Gasteiger charge is 2.17. The van der Waals surface area contributed by atoms with Crippen LogP contribution in [0.3, 0.4) is 0 Å². The Bertz CT molecular complexity index is 943. The third kappa shape index (κ3) is 3.46. The van der Waals surface area contributed by atoms with E-state index in [2.05, 4.69) is 32.6 Å². The highest BCUT2D eigenvalue weighted by atomic mass is 79.9. The Kier molecular flexibility index (Phi) is 5.24. The van der Waals surface area contributed by atoms with Crippen LogP contribution >= 0.6 is 15.9 Å². The number of hydrogen-bond donors (Lipinski definition) is 0. The first-order chi connectivity index (χ1) is 12.2. The average Bonchev–Trinajstić information content (AvgIpc) is 3.04. The lowest BCUT2D eigenvalue weighted by Crippen LogP contribution is -2.08. The van der Waals surface area contributed by atoms with Gasteiger partial charge in [0.2, 0.25) is 0 Å². The Labute approximate surface area is 154 Å². The van der Waals surface area contributed by atoms with Crippen LogP contribution in [0.25, 0.3) is 16.5 Å². The average molecular weight is 400 g/mol. The normalized spacial score (nSPS) is 11.6. The summed E-state index contributed by atoms with van der Waals surface area (Å²) in [6, 6.07) is 16.0. The maximum Gasteiger partial charge on any atom is 0.341 e. The minimum absolute atomic E-state index is 0.401. The van der Waals surface area contributed by atoms with E-state index < -0.39 is 5.97 Å². The van der Waals surface area contributed by atoms with Crippen molar-refractivity contribution in [3.8, 4) is 0 Å². The summed E-state index contributed by atoms with van der Waals surface area (Å²) >= 11 is 3.58. The third-order valence-corrected chi connectivity index (χ3v) is 4.74. The zero-order valence-corrected chi connectivity index (χ0v) is 15.6. The van der Waals surface area contributed by atoms with Crippen molar-refractivity contribution in [3.05, 3.63) is 76.6 Å². The molecule has 3 rings (SSSR count). The highest BCUT2D eigenvalue weighted by molar-refractivity contribution is 9.10. The zero-order valence-electron chi connectivity index (χ0n) is 14.0. The molecule has 0 aliphatic rings. The van der Waals surface area contributed by atoms with E-state index in [9.17, 15) is 4.79 Å². The van der Waals surface area contributed by atoms with E-state index in [4.69, 9.17) is 9.47 Å². The summed E-state index contributed by atoms with van der Waals surface area (Å²) in [6.07, 6.45) is 3.47. The summed E-state index contributed by atoms with van der Waals surface area (Å²) in [5.41, 5.74) is 3.33. The summed E-state index contributed by atoms with van der Waals surface area (Å²) in [7, 11) is 2.88. The third-order valence-electron chi connectivity index (χ3n) is 4.05. The van der Waals surface area contributed by atoms with Crippen LogP contribution in [0.5, 0.6) is 0 Å². The van der Waals surface area contributed by atoms with E-state index in [1.54, 1.807) is 0 Å². The molecule has 2 aromatic carbocycles. The molecule has 1 heterocycles. The molecule has 0 radical (unpaired) electrons. The van der Waals surface area contributed by atoms with Gasteiger partial charge in [-0.25, -0.2) is 4.79 Å². The molecule has 0 saturated heterocycles. The van der Waals surface area contributed by atoms with Crippen molar-refractivity contribution in [1.82, 2.24) is 4.57 Å². The van der Waals surface area contributed by atoms with Gasteiger partial charge in [0.25, 0.3) is 0 Å². The van der Waals surface area contributed by atoms with Crippen molar-refractivity contribution in [1.29, 1.82) is 0 Å². The zero-order chi connectivity index (χ0) is 17.8. The molecule has 0 spiro atoms. The van der Waals surface area contributed by atoms with Gasteiger partial charge < -0.3 is 14.0 Å². The largest absolute Gasteiger partial charge is 0.503 e. The molecule has 0 saturated carbocycles. The number of carbonyl (C=O) groups is 1. The van der Waals surface area contributed by atoms with Crippen LogP contribution in [-0.4, -0.2) is 24.8 Å². The fourth-order valence-electron chi connectivity index (χ4n) is 2.88. The first kappa shape index (κ1) is 17.3. The number of methoxy groups -OCH3 is 2. The van der Waals surface area contributed by atoms with Crippen LogP contribution in [0.15, 0.2) is 65.5 Å². The van der Waals surface area contributed by atoms with E-state index in [0.717, 1.165) is 26.5 Å². The van der Waals surface area contributed by atoms with E-state index in [1.165, 1.54) is 20.5 Å². The van der Waals surface area contributed by atoms with Crippen LogP contribution in [0, 0.1) is 0 Å². The van der Waals surface area contributed by atoms with Gasteiger partial charge in [-0.3, -0.25) is 0 Å². The van der Waals surface area contributed by atoms with Gasteiger partial charge in [0.15, 0.2) is 0 Å². The number of carbonyl (C=O) groups excluding carboxylic acids is 1. The Balaban J connectivity index is 2.05. The molecular weight excluding hydrogens is 382 g/mol. The summed E-state index contributed by atoms with van der Waals surface area (Å²) in [5.74, 6) is -0.422. The number of benzene rings is 2. The number of hydrogen-bond acceptors (Lipinski definition) is 3. The summed E-state index contributed by atoms with van der Waals surface area (Å²) < 4.78 is 13.2. The van der Waals surface area contributed by atoms with Crippen LogP contribution in [0.2, 0.25) is 0 Å². The molecule has 5 heteroatoms. The fourth-order valence-corrected chi connectivity index (χ4v) is 3.37. The van der Waals surface area contributed by atoms with E-state index >= 15 is 0 Å². The molecule has 0 atom stereocenters. The Morgan fingerprint density at radius 1 is 1.12 bits per heavy atom. The number of aromatic nitrogens is 1. The molecule has 3 aromatic rings. The molecule has 128 valence electrons. The van der Waals surface area contributed by atoms with Crippen molar-refractivity contribution in [3.63, 3.8) is 0 Å². The Morgan fingerprint density at radius 3 is 2.68 bits per heavy atom. The second kappa shape index (κ2) is 7.57. The van der Waals surface area contributed by atoms with Crippen molar-refractivity contribution in [2.45, 2.75) is 6.54 Å². The molecular formula is C20H18BrNO3. The number of esters is 1. The smallest absolute Gasteiger partial charge is 0.341 e. The lowest BCUT2D eigenvalue weighted by molar-refractivity contribution is -0.133. The summed E-state index contributed by atoms with van der Waals surface area (Å²) in [4.78, 5) is 12.1. The van der Waals surface area contributed by atoms with Gasteiger partial charge in [-0.2, -0.15) is 0 Å². The van der Waals surface area contributed by atoms with Gasteiger partial charge in [0, 0.05) is 28.1 Å². The molecule has 0 amide bonds. The molecule has 0 fully saturated rings. The molecule has 0 aliphatic carbocycles. The predicted octanol–water partition coefficient (Wildman–Crippen LogP) is 4.61. The fraction of sp³-hybridized carbons (Fsp3) is 0.150. The highest BCUT2D eigenvalue weighted by Crippen LogP contribution is 2.27. The standard InChI is InChI=1S/C20H18BrNO3/c1-24-13-17(20(23)25-2)15-7-4-3-6-14(15)12-22-11-10-16-18(21)8-5-9-19(16)22/h3-11,13H,12H2,1-2H3. The molecule has 0 unspecified atom stereocenters. The maximum atomic E-state index is 12.1. The maximum absolute atomic E-state index is 12.1. The van der Waals surface area contributed by atoms with Crippen molar-refractivity contribution < 1.29 is 14.3 Å². The number of rotatable bonds is 5. The number of ether oxygens (including phenoxy) is 2. The quantitative estimate of drug-likeness (QED) is 0.357. The lowest BCUT2D eigenvalue weighted by Gasteiger charge is -2.13. The van der Waals surface area contributed by atoms with Crippen molar-refractivity contribution in [2.75, 3.05) is 14.2 Å². The van der Waals surface area contributed by atoms with Crippen molar-refractivity contribution >= 4 is 38.4 Å². The minimum Gasteiger partial charge on any atom is -0.503 e. The molecule has 25 heavy (non-hydrogen) atoms. The van der Waals surface area contributed by atoms with Crippen LogP contribution in [0.4, 0.5) is 0 Å². The minimum atomic E-state index is -0.422. The SMILES string of the molecule is COC=C(C(=O)OC)c1ccccc1Cn1ccc2c(Br)cccc21. The van der Waals surface area contributed by atoms with E-state index in [0.29, 0.717) is 12.1 Å². The summed E-state index contributed by atoms with van der Waals surface area (Å²) in [6.45, 7) is 0.633. The van der Waals surface area contributed by atoms with E-state index in [-0.39, 0.29) is 0 Å². The van der Waals surface area contributed by atoms with Crippen molar-refractivity contribution in [2.24, 2.45) is 0 Å². The molecule has 0 aliphatic heterocycles. The number of nitrogens with zero attached hydrogens (tertiary/aromatic N) is 1. The molecule has 0 N–H and O–H groups in total. The first-order valence-electron chi connectivity index (χ1n) is 7.78. The first-order valence-corrected chi connectivity index (χ1v) is 8.58. The van der Waals surface area contributed by atoms with Gasteiger partial charge in [-0.15, -0.1) is 0 Å². The molecule has 0 bridgehead atoms. The van der Waals surface area contributed by atoms with E-state index in [1.807, 2.05) is 42.6 Å². The van der Waals surface area contributed by atoms with Gasteiger partial charge in [-0.05, 0) is 29.3 Å². The van der Waals surface area contributed by atoms with Gasteiger partial charge in [-0.1, -0.05) is 46.3 Å². The Hall–Kier alpha value is -2.53. The van der Waals surface area contributed by atoms with Crippen LogP contribution < -0.4 is 0 Å². The van der Waals surface area contributed by atoms with Crippen LogP contribution in [0.1, 0.15) is 11.1 Å².